The van der Waals surface area contributed by atoms with Crippen molar-refractivity contribution in [3.8, 4) is 5.69 Å². The normalized spacial score (nSPS) is 20.4. The van der Waals surface area contributed by atoms with E-state index in [1.807, 2.05) is 10.8 Å². The first-order valence-corrected chi connectivity index (χ1v) is 9.63. The Labute approximate surface area is 159 Å². The van der Waals surface area contributed by atoms with Crippen molar-refractivity contribution < 1.29 is 14.6 Å². The maximum atomic E-state index is 9.87. The molecule has 0 saturated heterocycles. The van der Waals surface area contributed by atoms with Gasteiger partial charge in [0.15, 0.2) is 0 Å². The summed E-state index contributed by atoms with van der Waals surface area (Å²) in [4.78, 5) is 4.12. The Morgan fingerprint density at radius 2 is 2.04 bits per heavy atom. The molecule has 0 atom stereocenters. The van der Waals surface area contributed by atoms with Crippen molar-refractivity contribution in [3.05, 3.63) is 48.7 Å². The third kappa shape index (κ3) is 3.78. The van der Waals surface area contributed by atoms with E-state index in [1.54, 1.807) is 19.6 Å². The number of benzene rings is 1. The third-order valence-corrected chi connectivity index (χ3v) is 5.55. The van der Waals surface area contributed by atoms with Gasteiger partial charge in [0.1, 0.15) is 0 Å². The summed E-state index contributed by atoms with van der Waals surface area (Å²) in [6.45, 7) is 1.37. The van der Waals surface area contributed by atoms with Crippen LogP contribution in [0.25, 0.3) is 16.6 Å². The fourth-order valence-electron chi connectivity index (χ4n) is 4.10. The Bertz CT molecular complexity index is 864. The molecule has 144 valence electrons. The van der Waals surface area contributed by atoms with Gasteiger partial charge in [-0.05, 0) is 43.9 Å². The van der Waals surface area contributed by atoms with Crippen LogP contribution in [0.15, 0.2) is 43.1 Å². The fourth-order valence-corrected chi connectivity index (χ4v) is 4.10. The summed E-state index contributed by atoms with van der Waals surface area (Å²) in [6.07, 6.45) is 12.3. The lowest BCUT2D eigenvalue weighted by Gasteiger charge is -2.30. The summed E-state index contributed by atoms with van der Waals surface area (Å²) in [7, 11) is 1.70. The molecule has 1 aromatic carbocycles. The number of methoxy groups -OCH3 is 1. The Hall–Kier alpha value is -2.15. The maximum Gasteiger partial charge on any atom is 0.0991 e. The van der Waals surface area contributed by atoms with Gasteiger partial charge in [-0.25, -0.2) is 4.98 Å². The molecule has 6 heteroatoms. The molecular weight excluding hydrogens is 342 g/mol. The van der Waals surface area contributed by atoms with Gasteiger partial charge in [0.05, 0.1) is 32.3 Å². The van der Waals surface area contributed by atoms with Gasteiger partial charge >= 0.3 is 0 Å². The van der Waals surface area contributed by atoms with Crippen molar-refractivity contribution in [2.75, 3.05) is 20.3 Å². The molecule has 4 rings (SSSR count). The molecule has 0 aliphatic heterocycles. The minimum atomic E-state index is 0.0480. The van der Waals surface area contributed by atoms with Gasteiger partial charge in [-0.2, -0.15) is 0 Å². The number of rotatable bonds is 7. The molecule has 0 unspecified atom stereocenters. The minimum absolute atomic E-state index is 0.0480. The second-order valence-electron chi connectivity index (χ2n) is 7.19. The lowest BCUT2D eigenvalue weighted by atomic mass is 9.92. The summed E-state index contributed by atoms with van der Waals surface area (Å²) in [5.74, 6) is 0. The predicted octanol–water partition coefficient (Wildman–Crippen LogP) is 3.47. The van der Waals surface area contributed by atoms with Crippen LogP contribution in [-0.2, 0) is 16.1 Å². The lowest BCUT2D eigenvalue weighted by Crippen LogP contribution is -2.24. The van der Waals surface area contributed by atoms with Gasteiger partial charge in [0, 0.05) is 53.9 Å². The highest BCUT2D eigenvalue weighted by molar-refractivity contribution is 5.86. The molecule has 3 aromatic rings. The van der Waals surface area contributed by atoms with Crippen LogP contribution in [0.3, 0.4) is 0 Å². The predicted molar refractivity (Wildman–Crippen MR) is 104 cm³/mol. The van der Waals surface area contributed by atoms with Gasteiger partial charge in [-0.15, -0.1) is 0 Å². The average molecular weight is 369 g/mol. The zero-order chi connectivity index (χ0) is 18.6. The van der Waals surface area contributed by atoms with Crippen LogP contribution in [-0.4, -0.2) is 45.7 Å². The molecule has 0 bridgehead atoms. The standard InChI is InChI=1S/C21H27N3O3/c1-26-10-11-27-19-5-2-17(3-6-19)24-13-16(14-25)20-12-18(4-7-21(20)24)23-9-8-22-15-23/h4,7-9,12-13,15,17,19,25H,2-3,5-6,10-11,14H2,1H3. The van der Waals surface area contributed by atoms with Crippen LogP contribution < -0.4 is 0 Å². The number of hydrogen-bond acceptors (Lipinski definition) is 4. The van der Waals surface area contributed by atoms with Crippen molar-refractivity contribution >= 4 is 10.9 Å². The number of fused-ring (bicyclic) bond motifs is 1. The zero-order valence-corrected chi connectivity index (χ0v) is 15.8. The van der Waals surface area contributed by atoms with Crippen molar-refractivity contribution in [2.24, 2.45) is 0 Å². The number of ether oxygens (including phenoxy) is 2. The molecule has 6 nitrogen and oxygen atoms in total. The maximum absolute atomic E-state index is 9.87. The first kappa shape index (κ1) is 18.2. The number of aromatic nitrogens is 3. The van der Waals surface area contributed by atoms with E-state index < -0.39 is 0 Å². The van der Waals surface area contributed by atoms with E-state index in [1.165, 1.54) is 5.52 Å². The van der Waals surface area contributed by atoms with E-state index in [4.69, 9.17) is 9.47 Å². The van der Waals surface area contributed by atoms with Crippen LogP contribution in [0.4, 0.5) is 0 Å². The molecule has 1 aliphatic rings. The molecule has 0 amide bonds. The number of nitrogens with zero attached hydrogens (tertiary/aromatic N) is 3. The zero-order valence-electron chi connectivity index (χ0n) is 15.8. The SMILES string of the molecule is COCCOC1CCC(n2cc(CO)c3cc(-n4ccnc4)ccc32)CC1. The highest BCUT2D eigenvalue weighted by Gasteiger charge is 2.24. The number of aliphatic hydroxyl groups is 1. The van der Waals surface area contributed by atoms with E-state index in [-0.39, 0.29) is 6.61 Å². The van der Waals surface area contributed by atoms with E-state index >= 15 is 0 Å². The van der Waals surface area contributed by atoms with Crippen LogP contribution in [0, 0.1) is 0 Å². The second kappa shape index (κ2) is 8.25. The van der Waals surface area contributed by atoms with Crippen LogP contribution in [0.5, 0.6) is 0 Å². The summed E-state index contributed by atoms with van der Waals surface area (Å²) >= 11 is 0. The van der Waals surface area contributed by atoms with E-state index in [2.05, 4.69) is 33.9 Å². The van der Waals surface area contributed by atoms with Crippen molar-refractivity contribution in [2.45, 2.75) is 44.4 Å². The quantitative estimate of drug-likeness (QED) is 0.648. The second-order valence-corrected chi connectivity index (χ2v) is 7.19. The van der Waals surface area contributed by atoms with Gasteiger partial charge in [0.25, 0.3) is 0 Å². The molecule has 1 fully saturated rings. The molecule has 1 saturated carbocycles. The van der Waals surface area contributed by atoms with Crippen LogP contribution >= 0.6 is 0 Å². The molecule has 1 N–H and O–H groups in total. The van der Waals surface area contributed by atoms with E-state index in [9.17, 15) is 5.11 Å². The van der Waals surface area contributed by atoms with Gasteiger partial charge in [0.2, 0.25) is 0 Å². The monoisotopic (exact) mass is 369 g/mol. The molecule has 0 radical (unpaired) electrons. The number of imidazole rings is 1. The minimum Gasteiger partial charge on any atom is -0.392 e. The smallest absolute Gasteiger partial charge is 0.0991 e. The topological polar surface area (TPSA) is 61.4 Å². The molecule has 0 spiro atoms. The molecular formula is C21H27N3O3. The largest absolute Gasteiger partial charge is 0.392 e. The Kier molecular flexibility index (Phi) is 5.57. The third-order valence-electron chi connectivity index (χ3n) is 5.55. The van der Waals surface area contributed by atoms with Crippen LogP contribution in [0.2, 0.25) is 0 Å². The Morgan fingerprint density at radius 1 is 1.19 bits per heavy atom. The molecule has 2 heterocycles. The molecule has 27 heavy (non-hydrogen) atoms. The summed E-state index contributed by atoms with van der Waals surface area (Å²) in [6, 6.07) is 6.86. The number of hydrogen-bond donors (Lipinski definition) is 1. The van der Waals surface area contributed by atoms with Crippen LogP contribution in [0.1, 0.15) is 37.3 Å². The van der Waals surface area contributed by atoms with Gasteiger partial charge in [-0.3, -0.25) is 0 Å². The lowest BCUT2D eigenvalue weighted by molar-refractivity contribution is -0.00620. The van der Waals surface area contributed by atoms with Crippen molar-refractivity contribution in [1.29, 1.82) is 0 Å². The highest BCUT2D eigenvalue weighted by Crippen LogP contribution is 2.35. The molecule has 1 aliphatic carbocycles. The Balaban J connectivity index is 1.54. The first-order valence-electron chi connectivity index (χ1n) is 9.63. The van der Waals surface area contributed by atoms with Crippen molar-refractivity contribution in [1.82, 2.24) is 14.1 Å². The molecule has 2 aromatic heterocycles. The summed E-state index contributed by atoms with van der Waals surface area (Å²) in [5.41, 5.74) is 3.22. The fraction of sp³-hybridized carbons (Fsp3) is 0.476. The summed E-state index contributed by atoms with van der Waals surface area (Å²) in [5, 5.41) is 11.0. The first-order chi connectivity index (χ1) is 13.3. The summed E-state index contributed by atoms with van der Waals surface area (Å²) < 4.78 is 15.3. The van der Waals surface area contributed by atoms with Gasteiger partial charge in [-0.1, -0.05) is 0 Å². The van der Waals surface area contributed by atoms with Crippen molar-refractivity contribution in [3.63, 3.8) is 0 Å². The Morgan fingerprint density at radius 3 is 2.74 bits per heavy atom. The van der Waals surface area contributed by atoms with Gasteiger partial charge < -0.3 is 23.7 Å². The average Bonchev–Trinajstić information content (AvgIpc) is 3.36. The van der Waals surface area contributed by atoms with E-state index in [0.717, 1.165) is 42.3 Å². The highest BCUT2D eigenvalue weighted by atomic mass is 16.5. The number of aliphatic hydroxyl groups excluding tert-OH is 1. The van der Waals surface area contributed by atoms with E-state index in [0.29, 0.717) is 25.4 Å².